The Hall–Kier alpha value is -9.94. The summed E-state index contributed by atoms with van der Waals surface area (Å²) in [7, 11) is 0. The van der Waals surface area contributed by atoms with E-state index in [4.69, 9.17) is 29.9 Å². The van der Waals surface area contributed by atoms with Crippen LogP contribution in [0.15, 0.2) is 229 Å². The second-order valence-electron chi connectivity index (χ2n) is 20.7. The number of aromatic nitrogens is 4. The van der Waals surface area contributed by atoms with Gasteiger partial charge in [-0.3, -0.25) is 0 Å². The van der Waals surface area contributed by atoms with Gasteiger partial charge in [-0.05, 0) is 115 Å². The lowest BCUT2D eigenvalue weighted by Crippen LogP contribution is -2.25. The fourth-order valence-electron chi connectivity index (χ4n) is 10.9. The molecule has 0 saturated heterocycles. The molecule has 12 nitrogen and oxygen atoms in total. The molecule has 2 aromatic heterocycles. The first kappa shape index (κ1) is 52.7. The minimum atomic E-state index is -1.14. The molecule has 0 radical (unpaired) electrons. The number of para-hydroxylation sites is 4. The largest absolute Gasteiger partial charge is 0.422 e. The molecular formula is C70H62N8O4. The van der Waals surface area contributed by atoms with Gasteiger partial charge in [-0.25, -0.2) is 29.0 Å². The summed E-state index contributed by atoms with van der Waals surface area (Å²) in [5, 5.41) is 24.6. The molecule has 0 fully saturated rings. The number of esters is 2. The van der Waals surface area contributed by atoms with Gasteiger partial charge in [0.1, 0.15) is 0 Å². The molecule has 0 bridgehead atoms. The van der Waals surface area contributed by atoms with Gasteiger partial charge in [0, 0.05) is 52.2 Å². The zero-order valence-electron chi connectivity index (χ0n) is 46.2. The van der Waals surface area contributed by atoms with E-state index in [0.29, 0.717) is 35.6 Å². The number of carbonyl (C=O) groups is 2. The summed E-state index contributed by atoms with van der Waals surface area (Å²) in [5.74, 6) is 0.131. The highest BCUT2D eigenvalue weighted by atomic mass is 16.7. The molecule has 406 valence electrons. The molecule has 82 heavy (non-hydrogen) atoms. The standard InChI is InChI=1S/C70H62N8O4/c1-4-5-6-7-8-9-22-39-66(81-69(79)50-40-42-60-62(46-50)56-35-23-25-37-58(56)67(60)73-77(54-31-18-12-19-32-54)64-44-48(2)75(71-64)52-27-14-10-15-28-52)82-70(80)51-41-43-61-63(47-51)57-36-24-26-38-59(57)68(61)74-78(55-33-20-13-21-34-55)65-45-49(3)76(72-65)53-29-16-11-17-30-53/h10-21,23-38,40-47,66H,4-9,22,39H2,1-3H3. The molecular weight excluding hydrogens is 1020 g/mol. The minimum Gasteiger partial charge on any atom is -0.422 e. The van der Waals surface area contributed by atoms with E-state index in [1.807, 2.05) is 227 Å². The molecule has 12 heteroatoms. The maximum Gasteiger partial charge on any atom is 0.341 e. The van der Waals surface area contributed by atoms with Crippen LogP contribution in [0.25, 0.3) is 33.6 Å². The van der Waals surface area contributed by atoms with Gasteiger partial charge in [-0.15, -0.1) is 10.2 Å². The van der Waals surface area contributed by atoms with E-state index in [9.17, 15) is 9.59 Å². The van der Waals surface area contributed by atoms with Gasteiger partial charge in [0.2, 0.25) is 6.29 Å². The first-order chi connectivity index (χ1) is 40.3. The number of benzene rings is 8. The Labute approximate surface area is 478 Å². The summed E-state index contributed by atoms with van der Waals surface area (Å²) >= 11 is 0. The number of nitrogens with zero attached hydrogens (tertiary/aromatic N) is 8. The number of aryl methyl sites for hydroxylation is 2. The van der Waals surface area contributed by atoms with Crippen LogP contribution in [0.5, 0.6) is 0 Å². The van der Waals surface area contributed by atoms with E-state index < -0.39 is 18.2 Å². The van der Waals surface area contributed by atoms with Crippen molar-refractivity contribution in [1.82, 2.24) is 19.6 Å². The predicted octanol–water partition coefficient (Wildman–Crippen LogP) is 16.3. The SMILES string of the molecule is CCCCCCCCCC(OC(=O)c1ccc2c(c1)-c1ccccc1C2=NN(c1ccccc1)c1cc(C)n(-c2ccccc2)n1)OC(=O)c1ccc2c(c1)-c1ccccc1C2=NN(c1ccccc1)c1cc(C)n(-c2ccccc2)n1. The third-order valence-electron chi connectivity index (χ3n) is 15.1. The molecule has 2 heterocycles. The third-order valence-corrected chi connectivity index (χ3v) is 15.1. The number of hydrogen-bond acceptors (Lipinski definition) is 10. The molecule has 0 spiro atoms. The summed E-state index contributed by atoms with van der Waals surface area (Å²) in [4.78, 5) is 29.0. The molecule has 10 aromatic rings. The summed E-state index contributed by atoms with van der Waals surface area (Å²) in [6.45, 7) is 6.27. The molecule has 2 aliphatic rings. The van der Waals surface area contributed by atoms with Gasteiger partial charge in [0.15, 0.2) is 11.6 Å². The lowest BCUT2D eigenvalue weighted by atomic mass is 10.0. The number of unbranched alkanes of at least 4 members (excludes halogenated alkanes) is 6. The molecule has 0 N–H and O–H groups in total. The van der Waals surface area contributed by atoms with Crippen molar-refractivity contribution in [2.75, 3.05) is 10.0 Å². The summed E-state index contributed by atoms with van der Waals surface area (Å²) in [6.07, 6.45) is 6.57. The second-order valence-corrected chi connectivity index (χ2v) is 20.7. The van der Waals surface area contributed by atoms with Gasteiger partial charge in [-0.1, -0.05) is 179 Å². The maximum atomic E-state index is 14.5. The average Bonchev–Trinajstić information content (AvgIpc) is 4.29. The first-order valence-corrected chi connectivity index (χ1v) is 28.3. The van der Waals surface area contributed by atoms with Crippen LogP contribution in [0.1, 0.15) is 113 Å². The third kappa shape index (κ3) is 10.9. The molecule has 0 unspecified atom stereocenters. The van der Waals surface area contributed by atoms with Crippen molar-refractivity contribution in [2.24, 2.45) is 10.2 Å². The van der Waals surface area contributed by atoms with Crippen LogP contribution in [0.2, 0.25) is 0 Å². The quantitative estimate of drug-likeness (QED) is 0.0320. The smallest absolute Gasteiger partial charge is 0.341 e. The van der Waals surface area contributed by atoms with Gasteiger partial charge < -0.3 is 9.47 Å². The zero-order chi connectivity index (χ0) is 55.9. The fourth-order valence-corrected chi connectivity index (χ4v) is 10.9. The Morgan fingerprint density at radius 3 is 1.22 bits per heavy atom. The van der Waals surface area contributed by atoms with Crippen LogP contribution in [0.3, 0.4) is 0 Å². The van der Waals surface area contributed by atoms with Crippen molar-refractivity contribution in [2.45, 2.75) is 78.4 Å². The number of anilines is 4. The first-order valence-electron chi connectivity index (χ1n) is 28.3. The van der Waals surface area contributed by atoms with Gasteiger partial charge in [-0.2, -0.15) is 10.2 Å². The Kier molecular flexibility index (Phi) is 15.3. The lowest BCUT2D eigenvalue weighted by molar-refractivity contribution is -0.0838. The van der Waals surface area contributed by atoms with Crippen LogP contribution in [0.4, 0.5) is 23.0 Å². The predicted molar refractivity (Wildman–Crippen MR) is 326 cm³/mol. The summed E-state index contributed by atoms with van der Waals surface area (Å²) in [6, 6.07) is 71.4. The van der Waals surface area contributed by atoms with E-state index in [0.717, 1.165) is 109 Å². The molecule has 0 saturated carbocycles. The van der Waals surface area contributed by atoms with Crippen molar-refractivity contribution in [1.29, 1.82) is 0 Å². The monoisotopic (exact) mass is 1080 g/mol. The summed E-state index contributed by atoms with van der Waals surface area (Å²) < 4.78 is 16.3. The molecule has 2 aliphatic carbocycles. The lowest BCUT2D eigenvalue weighted by Gasteiger charge is -2.19. The molecule has 12 rings (SSSR count). The highest BCUT2D eigenvalue weighted by Gasteiger charge is 2.32. The number of rotatable bonds is 20. The second kappa shape index (κ2) is 23.8. The normalized spacial score (nSPS) is 13.3. The van der Waals surface area contributed by atoms with Crippen LogP contribution in [-0.4, -0.2) is 49.2 Å². The van der Waals surface area contributed by atoms with Crippen molar-refractivity contribution < 1.29 is 19.1 Å². The zero-order valence-corrected chi connectivity index (χ0v) is 46.2. The Balaban J connectivity index is 0.832. The van der Waals surface area contributed by atoms with Gasteiger partial charge in [0.05, 0.1) is 45.3 Å². The number of fused-ring (bicyclic) bond motifs is 6. The van der Waals surface area contributed by atoms with E-state index in [1.165, 1.54) is 19.3 Å². The van der Waals surface area contributed by atoms with Gasteiger partial charge in [0.25, 0.3) is 0 Å². The fraction of sp³-hybridized carbons (Fsp3) is 0.171. The van der Waals surface area contributed by atoms with Crippen molar-refractivity contribution >= 4 is 46.4 Å². The minimum absolute atomic E-state index is 0.333. The van der Waals surface area contributed by atoms with Gasteiger partial charge >= 0.3 is 11.9 Å². The molecule has 0 atom stereocenters. The Morgan fingerprint density at radius 1 is 0.427 bits per heavy atom. The Bertz CT molecular complexity index is 3730. The van der Waals surface area contributed by atoms with Crippen LogP contribution < -0.4 is 10.0 Å². The van der Waals surface area contributed by atoms with Crippen LogP contribution >= 0.6 is 0 Å². The number of hydrazone groups is 2. The van der Waals surface area contributed by atoms with Crippen molar-refractivity contribution in [3.63, 3.8) is 0 Å². The van der Waals surface area contributed by atoms with Crippen LogP contribution in [0, 0.1) is 13.8 Å². The maximum absolute atomic E-state index is 14.5. The molecule has 0 amide bonds. The van der Waals surface area contributed by atoms with E-state index in [2.05, 4.69) is 19.1 Å². The number of ether oxygens (including phenoxy) is 2. The highest BCUT2D eigenvalue weighted by molar-refractivity contribution is 6.26. The van der Waals surface area contributed by atoms with Crippen molar-refractivity contribution in [3.05, 3.63) is 263 Å². The number of carbonyl (C=O) groups excluding carboxylic acids is 2. The molecule has 8 aromatic carbocycles. The van der Waals surface area contributed by atoms with E-state index in [-0.39, 0.29) is 0 Å². The highest BCUT2D eigenvalue weighted by Crippen LogP contribution is 2.41. The van der Waals surface area contributed by atoms with Crippen LogP contribution in [-0.2, 0) is 9.47 Å². The number of hydrogen-bond donors (Lipinski definition) is 0. The average molecular weight is 1080 g/mol. The van der Waals surface area contributed by atoms with E-state index >= 15 is 0 Å². The summed E-state index contributed by atoms with van der Waals surface area (Å²) in [5.41, 5.74) is 14.7. The van der Waals surface area contributed by atoms with Crippen molar-refractivity contribution in [3.8, 4) is 33.6 Å². The Morgan fingerprint density at radius 2 is 0.793 bits per heavy atom. The molecule has 0 aliphatic heterocycles. The topological polar surface area (TPSA) is 119 Å². The van der Waals surface area contributed by atoms with E-state index in [1.54, 1.807) is 12.1 Å².